The van der Waals surface area contributed by atoms with Crippen LogP contribution in [0, 0.1) is 0 Å². The van der Waals surface area contributed by atoms with Crippen LogP contribution in [-0.4, -0.2) is 0 Å². The van der Waals surface area contributed by atoms with Gasteiger partial charge in [0.15, 0.2) is 0 Å². The molecule has 0 spiro atoms. The van der Waals surface area contributed by atoms with Gasteiger partial charge < -0.3 is 4.74 Å². The Morgan fingerprint density at radius 2 is 0.927 bits per heavy atom. The van der Waals surface area contributed by atoms with E-state index in [2.05, 4.69) is 146 Å². The standard InChI is InChI=1S/C40H24O/c1-2-11-25(12-3-1)38-32-15-6-8-17-34(32)39(35-18-9-7-16-33(35)38)27-21-22-29-31-20-10-19-30-28-14-5-4-13-26(28)23-37(40(30)31)41-36(29)24-27/h1-24H. The average molecular weight is 521 g/mol. The Hall–Kier alpha value is -5.40. The quantitative estimate of drug-likeness (QED) is 0.163. The molecule has 0 bridgehead atoms. The smallest absolute Gasteiger partial charge is 0.136 e. The van der Waals surface area contributed by atoms with E-state index in [0.29, 0.717) is 0 Å². The molecule has 41 heavy (non-hydrogen) atoms. The highest BCUT2D eigenvalue weighted by molar-refractivity contribution is 6.22. The third-order valence-corrected chi connectivity index (χ3v) is 8.62. The van der Waals surface area contributed by atoms with Crippen LogP contribution in [0.4, 0.5) is 0 Å². The van der Waals surface area contributed by atoms with Crippen LogP contribution < -0.4 is 4.74 Å². The van der Waals surface area contributed by atoms with E-state index in [9.17, 15) is 0 Å². The number of benzene rings is 8. The third kappa shape index (κ3) is 3.24. The minimum atomic E-state index is 0.901. The molecule has 0 radical (unpaired) electrons. The number of rotatable bonds is 2. The van der Waals surface area contributed by atoms with Gasteiger partial charge in [-0.15, -0.1) is 0 Å². The number of fused-ring (bicyclic) bond motifs is 6. The fourth-order valence-corrected chi connectivity index (χ4v) is 6.89. The molecule has 8 aromatic rings. The summed E-state index contributed by atoms with van der Waals surface area (Å²) in [5.41, 5.74) is 7.28. The molecular weight excluding hydrogens is 496 g/mol. The first-order valence-corrected chi connectivity index (χ1v) is 14.1. The van der Waals surface area contributed by atoms with E-state index in [4.69, 9.17) is 4.74 Å². The van der Waals surface area contributed by atoms with E-state index in [1.165, 1.54) is 65.3 Å². The van der Waals surface area contributed by atoms with Crippen LogP contribution in [0.15, 0.2) is 146 Å². The van der Waals surface area contributed by atoms with Crippen LogP contribution in [0.5, 0.6) is 11.5 Å². The fourth-order valence-electron chi connectivity index (χ4n) is 6.89. The normalized spacial score (nSPS) is 12.1. The largest absolute Gasteiger partial charge is 0.456 e. The first kappa shape index (κ1) is 22.4. The lowest BCUT2D eigenvalue weighted by Gasteiger charge is -2.24. The van der Waals surface area contributed by atoms with Crippen molar-refractivity contribution < 1.29 is 4.74 Å². The zero-order valence-corrected chi connectivity index (χ0v) is 22.3. The number of hydrogen-bond acceptors (Lipinski definition) is 1. The van der Waals surface area contributed by atoms with Crippen LogP contribution in [0.1, 0.15) is 0 Å². The first-order valence-electron chi connectivity index (χ1n) is 14.1. The summed E-state index contributed by atoms with van der Waals surface area (Å²) in [5, 5.41) is 9.88. The second-order valence-electron chi connectivity index (χ2n) is 10.8. The molecule has 9 rings (SSSR count). The molecule has 1 aliphatic rings. The van der Waals surface area contributed by atoms with E-state index in [1.54, 1.807) is 0 Å². The summed E-state index contributed by atoms with van der Waals surface area (Å²) in [4.78, 5) is 0. The maximum Gasteiger partial charge on any atom is 0.136 e. The Bertz CT molecular complexity index is 2270. The first-order chi connectivity index (χ1) is 20.3. The maximum absolute atomic E-state index is 6.74. The Morgan fingerprint density at radius 3 is 1.63 bits per heavy atom. The van der Waals surface area contributed by atoms with Crippen molar-refractivity contribution in [3.63, 3.8) is 0 Å². The number of ether oxygens (including phenoxy) is 1. The van der Waals surface area contributed by atoms with Gasteiger partial charge in [0, 0.05) is 10.9 Å². The lowest BCUT2D eigenvalue weighted by Crippen LogP contribution is -1.98. The highest BCUT2D eigenvalue weighted by atomic mass is 16.5. The van der Waals surface area contributed by atoms with Crippen molar-refractivity contribution >= 4 is 43.1 Å². The summed E-state index contributed by atoms with van der Waals surface area (Å²) in [7, 11) is 0. The van der Waals surface area contributed by atoms with Crippen molar-refractivity contribution in [1.29, 1.82) is 0 Å². The maximum atomic E-state index is 6.74. The van der Waals surface area contributed by atoms with Crippen LogP contribution in [0.25, 0.3) is 76.5 Å². The zero-order chi connectivity index (χ0) is 26.9. The Kier molecular flexibility index (Phi) is 4.67. The van der Waals surface area contributed by atoms with Crippen molar-refractivity contribution in [2.45, 2.75) is 0 Å². The van der Waals surface area contributed by atoms with Gasteiger partial charge >= 0.3 is 0 Å². The van der Waals surface area contributed by atoms with Crippen LogP contribution in [0.2, 0.25) is 0 Å². The molecule has 0 atom stereocenters. The summed E-state index contributed by atoms with van der Waals surface area (Å²) >= 11 is 0. The third-order valence-electron chi connectivity index (χ3n) is 8.62. The van der Waals surface area contributed by atoms with Gasteiger partial charge in [-0.05, 0) is 83.7 Å². The molecule has 8 aromatic carbocycles. The SMILES string of the molecule is c1ccc(-c2c3ccccc3c(-c3ccc4c(c3)Oc3cc5ccccc5c5cccc-4c35)c3ccccc23)cc1. The molecule has 0 unspecified atom stereocenters. The van der Waals surface area contributed by atoms with Crippen LogP contribution in [-0.2, 0) is 0 Å². The summed E-state index contributed by atoms with van der Waals surface area (Å²) in [5.74, 6) is 1.83. The summed E-state index contributed by atoms with van der Waals surface area (Å²) in [6.07, 6.45) is 0. The number of hydrogen-bond donors (Lipinski definition) is 0. The van der Waals surface area contributed by atoms with E-state index in [-0.39, 0.29) is 0 Å². The van der Waals surface area contributed by atoms with Crippen molar-refractivity contribution in [2.75, 3.05) is 0 Å². The van der Waals surface area contributed by atoms with Gasteiger partial charge in [-0.2, -0.15) is 0 Å². The van der Waals surface area contributed by atoms with Crippen molar-refractivity contribution in [3.8, 4) is 44.9 Å². The van der Waals surface area contributed by atoms with Gasteiger partial charge in [-0.1, -0.05) is 127 Å². The van der Waals surface area contributed by atoms with Crippen LogP contribution in [0.3, 0.4) is 0 Å². The molecule has 0 amide bonds. The molecule has 1 heteroatoms. The highest BCUT2D eigenvalue weighted by Gasteiger charge is 2.23. The molecular formula is C40H24O. The second-order valence-corrected chi connectivity index (χ2v) is 10.8. The van der Waals surface area contributed by atoms with Gasteiger partial charge in [0.05, 0.1) is 0 Å². The van der Waals surface area contributed by atoms with Gasteiger partial charge in [0.2, 0.25) is 0 Å². The fraction of sp³-hybridized carbons (Fsp3) is 0. The highest BCUT2D eigenvalue weighted by Crippen LogP contribution is 2.51. The Balaban J connectivity index is 1.32. The molecule has 1 nitrogen and oxygen atoms in total. The van der Waals surface area contributed by atoms with Gasteiger partial charge in [0.1, 0.15) is 11.5 Å². The molecule has 0 aromatic heterocycles. The molecule has 0 saturated carbocycles. The van der Waals surface area contributed by atoms with E-state index in [1.807, 2.05) is 0 Å². The summed E-state index contributed by atoms with van der Waals surface area (Å²) in [6, 6.07) is 52.4. The summed E-state index contributed by atoms with van der Waals surface area (Å²) in [6.45, 7) is 0. The van der Waals surface area contributed by atoms with Gasteiger partial charge in [-0.25, -0.2) is 0 Å². The van der Waals surface area contributed by atoms with Gasteiger partial charge in [0.25, 0.3) is 0 Å². The van der Waals surface area contributed by atoms with E-state index < -0.39 is 0 Å². The minimum Gasteiger partial charge on any atom is -0.456 e. The lowest BCUT2D eigenvalue weighted by molar-refractivity contribution is 0.488. The summed E-state index contributed by atoms with van der Waals surface area (Å²) < 4.78 is 6.74. The monoisotopic (exact) mass is 520 g/mol. The molecule has 190 valence electrons. The Morgan fingerprint density at radius 1 is 0.341 bits per heavy atom. The molecule has 1 aliphatic heterocycles. The second kappa shape index (κ2) is 8.55. The van der Waals surface area contributed by atoms with E-state index in [0.717, 1.165) is 22.6 Å². The van der Waals surface area contributed by atoms with Crippen molar-refractivity contribution in [1.82, 2.24) is 0 Å². The lowest BCUT2D eigenvalue weighted by atomic mass is 9.85. The van der Waals surface area contributed by atoms with Crippen molar-refractivity contribution in [2.24, 2.45) is 0 Å². The molecule has 0 N–H and O–H groups in total. The predicted molar refractivity (Wildman–Crippen MR) is 173 cm³/mol. The molecule has 0 fully saturated rings. The van der Waals surface area contributed by atoms with Gasteiger partial charge in [-0.3, -0.25) is 0 Å². The topological polar surface area (TPSA) is 9.23 Å². The Labute approximate surface area is 237 Å². The molecule has 1 heterocycles. The van der Waals surface area contributed by atoms with Crippen LogP contribution >= 0.6 is 0 Å². The van der Waals surface area contributed by atoms with E-state index >= 15 is 0 Å². The molecule has 0 saturated heterocycles. The zero-order valence-electron chi connectivity index (χ0n) is 22.3. The van der Waals surface area contributed by atoms with Crippen molar-refractivity contribution in [3.05, 3.63) is 146 Å². The minimum absolute atomic E-state index is 0.901. The average Bonchev–Trinajstić information content (AvgIpc) is 3.04. The molecule has 0 aliphatic carbocycles. The predicted octanol–water partition coefficient (Wildman–Crippen LogP) is 11.4.